The molecule has 2 aromatic carbocycles. The van der Waals surface area contributed by atoms with Gasteiger partial charge in [0.2, 0.25) is 18.6 Å². The molecule has 0 saturated carbocycles. The summed E-state index contributed by atoms with van der Waals surface area (Å²) in [5, 5.41) is 33.6. The number of aliphatic hydroxyl groups excluding tert-OH is 2. The number of ether oxygens (including phenoxy) is 8. The van der Waals surface area contributed by atoms with Crippen molar-refractivity contribution in [2.75, 3.05) is 40.0 Å². The van der Waals surface area contributed by atoms with Crippen molar-refractivity contribution < 1.29 is 62.4 Å². The van der Waals surface area contributed by atoms with Crippen molar-refractivity contribution in [1.82, 2.24) is 0 Å². The summed E-state index contributed by atoms with van der Waals surface area (Å²) in [6.07, 6.45) is -3.74. The quantitative estimate of drug-likeness (QED) is 0.244. The molecule has 13 nitrogen and oxygen atoms in total. The number of benzene rings is 2. The molecule has 0 amide bonds. The SMILES string of the molecule is COc1cc([C@@H]2c3cc4c(cc3[C@@H](O[C@@H]3O[C@@H]5CO[C@@H]6[O+]([C@H]5[C@H](O)[C@H]3O)[C@]63CCCS3)[C@H]3COC(=O)[C@H]23)OCO4)cc(OC)c1O. The van der Waals surface area contributed by atoms with Crippen molar-refractivity contribution in [3.8, 4) is 28.7 Å². The van der Waals surface area contributed by atoms with Gasteiger partial charge < -0.3 is 57.6 Å². The second kappa shape index (κ2) is 10.5. The van der Waals surface area contributed by atoms with Crippen LogP contribution in [0.1, 0.15) is 41.6 Å². The molecule has 0 aromatic heterocycles. The van der Waals surface area contributed by atoms with Gasteiger partial charge in [-0.25, -0.2) is 0 Å². The zero-order valence-electron chi connectivity index (χ0n) is 25.2. The van der Waals surface area contributed by atoms with E-state index in [1.165, 1.54) is 14.2 Å². The van der Waals surface area contributed by atoms with Gasteiger partial charge in [-0.3, -0.25) is 4.79 Å². The highest BCUT2D eigenvalue weighted by Gasteiger charge is 2.83. The number of phenols is 1. The number of carbonyl (C=O) groups excluding carboxylic acids is 1. The molecule has 5 fully saturated rings. The number of epoxide rings is 1. The lowest BCUT2D eigenvalue weighted by molar-refractivity contribution is -0.360. The number of rotatable bonds is 5. The van der Waals surface area contributed by atoms with E-state index in [9.17, 15) is 20.1 Å². The fourth-order valence-corrected chi connectivity index (χ4v) is 9.95. The van der Waals surface area contributed by atoms with E-state index >= 15 is 0 Å². The maximum Gasteiger partial charge on any atom is 0.355 e. The Hall–Kier alpha value is -2.98. The minimum atomic E-state index is -1.37. The van der Waals surface area contributed by atoms with Crippen LogP contribution >= 0.6 is 11.8 Å². The topological polar surface area (TPSA) is 154 Å². The van der Waals surface area contributed by atoms with E-state index in [0.29, 0.717) is 22.6 Å². The summed E-state index contributed by atoms with van der Waals surface area (Å²) in [6.45, 7) is 0.361. The van der Waals surface area contributed by atoms with E-state index in [1.54, 1.807) is 12.1 Å². The first-order valence-electron chi connectivity index (χ1n) is 15.5. The van der Waals surface area contributed by atoms with Crippen LogP contribution < -0.4 is 18.9 Å². The van der Waals surface area contributed by atoms with E-state index in [2.05, 4.69) is 4.37 Å². The standard InChI is InChI=1S/C32H34O13S/c1-37-19-6-13(7-20(38-2)24(19)33)22-14-8-17-18(42-12-41-17)9-15(14)27(16-10-39-29(36)23(16)22)44-30-26(35)25(34)28-21(43-30)11-40-31-32(45(28)31)4-3-5-46-32/h6-9,16,21-23,25-28,30-31,34-35H,3-5,10-12H2,1-2H3/p+1/t16-,21+,22+,23-,25+,26+,27+,28+,30-,31+,32-/m0/s1. The second-order valence-corrected chi connectivity index (χ2v) is 14.1. The first-order valence-corrected chi connectivity index (χ1v) is 16.5. The molecule has 5 saturated heterocycles. The molecule has 9 rings (SSSR count). The smallest absolute Gasteiger partial charge is 0.355 e. The highest BCUT2D eigenvalue weighted by atomic mass is 32.2. The number of esters is 1. The Balaban J connectivity index is 1.09. The first kappa shape index (κ1) is 29.2. The van der Waals surface area contributed by atoms with Crippen LogP contribution in [0.2, 0.25) is 0 Å². The van der Waals surface area contributed by atoms with Gasteiger partial charge in [0, 0.05) is 24.0 Å². The average molecular weight is 660 g/mol. The van der Waals surface area contributed by atoms with Crippen LogP contribution in [0.15, 0.2) is 24.3 Å². The Labute approximate surface area is 268 Å². The molecule has 246 valence electrons. The summed E-state index contributed by atoms with van der Waals surface area (Å²) in [4.78, 5) is 13.3. The number of aromatic hydroxyl groups is 1. The van der Waals surface area contributed by atoms with Crippen molar-refractivity contribution in [1.29, 1.82) is 0 Å². The van der Waals surface area contributed by atoms with Gasteiger partial charge in [0.1, 0.15) is 6.10 Å². The lowest BCUT2D eigenvalue weighted by atomic mass is 9.66. The maximum absolute atomic E-state index is 13.5. The fourth-order valence-electron chi connectivity index (χ4n) is 8.43. The van der Waals surface area contributed by atoms with Crippen molar-refractivity contribution >= 4 is 17.7 Å². The molecule has 46 heavy (non-hydrogen) atoms. The lowest BCUT2D eigenvalue weighted by Crippen LogP contribution is -2.62. The molecule has 11 atom stereocenters. The number of methoxy groups -OCH3 is 2. The van der Waals surface area contributed by atoms with Crippen LogP contribution in [0.3, 0.4) is 0 Å². The molecule has 7 aliphatic rings. The van der Waals surface area contributed by atoms with E-state index < -0.39 is 60.5 Å². The van der Waals surface area contributed by atoms with Gasteiger partial charge in [-0.2, -0.15) is 0 Å². The number of carbonyl (C=O) groups is 1. The predicted molar refractivity (Wildman–Crippen MR) is 157 cm³/mol. The molecular formula is C32H35O13S+. The Morgan fingerprint density at radius 1 is 0.978 bits per heavy atom. The van der Waals surface area contributed by atoms with Crippen LogP contribution in [0.4, 0.5) is 0 Å². The highest BCUT2D eigenvalue weighted by Crippen LogP contribution is 2.66. The molecule has 3 N–H and O–H groups in total. The molecule has 0 bridgehead atoms. The lowest BCUT2D eigenvalue weighted by Gasteiger charge is -2.45. The summed E-state index contributed by atoms with van der Waals surface area (Å²) >= 11 is 1.81. The summed E-state index contributed by atoms with van der Waals surface area (Å²) in [7, 11) is 2.89. The minimum Gasteiger partial charge on any atom is -0.502 e. The van der Waals surface area contributed by atoms with Gasteiger partial charge in [0.05, 0.1) is 39.5 Å². The molecule has 2 aromatic rings. The molecule has 6 aliphatic heterocycles. The van der Waals surface area contributed by atoms with Crippen molar-refractivity contribution in [2.24, 2.45) is 11.8 Å². The number of thioether (sulfide) groups is 1. The van der Waals surface area contributed by atoms with Gasteiger partial charge in [-0.15, -0.1) is 0 Å². The molecular weight excluding hydrogens is 624 g/mol. The number of cyclic esters (lactones) is 1. The van der Waals surface area contributed by atoms with Crippen molar-refractivity contribution in [2.45, 2.75) is 66.8 Å². The normalized spacial score (nSPS) is 40.1. The summed E-state index contributed by atoms with van der Waals surface area (Å²) < 4.78 is 50.4. The Bertz CT molecular complexity index is 1550. The Morgan fingerprint density at radius 2 is 1.72 bits per heavy atom. The predicted octanol–water partition coefficient (Wildman–Crippen LogP) is 2.09. The zero-order chi connectivity index (χ0) is 31.5. The van der Waals surface area contributed by atoms with Crippen LogP contribution in [0.5, 0.6) is 28.7 Å². The monoisotopic (exact) mass is 659 g/mol. The molecule has 1 spiro atoms. The fraction of sp³-hybridized carbons (Fsp3) is 0.594. The van der Waals surface area contributed by atoms with Crippen molar-refractivity contribution in [3.05, 3.63) is 41.0 Å². The zero-order valence-corrected chi connectivity index (χ0v) is 26.0. The Morgan fingerprint density at radius 3 is 2.41 bits per heavy atom. The number of fused-ring (bicyclic) bond motifs is 8. The van der Waals surface area contributed by atoms with Crippen LogP contribution in [0, 0.1) is 11.8 Å². The van der Waals surface area contributed by atoms with Gasteiger partial charge in [0.15, 0.2) is 41.5 Å². The van der Waals surface area contributed by atoms with Gasteiger partial charge in [-0.05, 0) is 47.4 Å². The minimum absolute atomic E-state index is 0.0405. The summed E-state index contributed by atoms with van der Waals surface area (Å²) in [5.74, 6) is 0.117. The van der Waals surface area contributed by atoms with Crippen molar-refractivity contribution in [3.63, 3.8) is 0 Å². The van der Waals surface area contributed by atoms with Gasteiger partial charge in [-0.1, -0.05) is 11.8 Å². The third-order valence-corrected chi connectivity index (χ3v) is 12.1. The van der Waals surface area contributed by atoms with Crippen LogP contribution in [0.25, 0.3) is 0 Å². The third kappa shape index (κ3) is 4.01. The van der Waals surface area contributed by atoms with Crippen LogP contribution in [-0.4, -0.2) is 103 Å². The van der Waals surface area contributed by atoms with E-state index in [4.69, 9.17) is 37.9 Å². The molecule has 0 radical (unpaired) electrons. The number of hydrogen-bond donors (Lipinski definition) is 3. The third-order valence-electron chi connectivity index (χ3n) is 10.6. The maximum atomic E-state index is 13.5. The molecule has 14 heteroatoms. The second-order valence-electron chi connectivity index (χ2n) is 12.8. The van der Waals surface area contributed by atoms with E-state index in [1.807, 2.05) is 23.9 Å². The average Bonchev–Trinajstić information content (AvgIpc) is 3.53. The highest BCUT2D eigenvalue weighted by molar-refractivity contribution is 8.01. The first-order chi connectivity index (χ1) is 22.3. The van der Waals surface area contributed by atoms with Crippen LogP contribution in [-0.2, 0) is 28.1 Å². The Kier molecular flexibility index (Phi) is 6.67. The summed E-state index contributed by atoms with van der Waals surface area (Å²) in [5.41, 5.74) is 2.08. The van der Waals surface area contributed by atoms with Gasteiger partial charge >= 0.3 is 17.2 Å². The molecule has 6 heterocycles. The number of phenolic OH excluding ortho intramolecular Hbond substituents is 1. The molecule has 0 unspecified atom stereocenters. The van der Waals surface area contributed by atoms with E-state index in [0.717, 1.165) is 24.2 Å². The van der Waals surface area contributed by atoms with Gasteiger partial charge in [0.25, 0.3) is 0 Å². The number of aliphatic hydroxyl groups is 2. The molecule has 1 aliphatic carbocycles. The largest absolute Gasteiger partial charge is 0.502 e. The van der Waals surface area contributed by atoms with E-state index in [-0.39, 0.29) is 48.5 Å². The summed E-state index contributed by atoms with van der Waals surface area (Å²) in [6, 6.07) is 7.03. The number of hydrogen-bond acceptors (Lipinski definition) is 13.